The van der Waals surface area contributed by atoms with Crippen LogP contribution in [0.15, 0.2) is 66.7 Å². The van der Waals surface area contributed by atoms with Crippen LogP contribution in [0.3, 0.4) is 0 Å². The second-order valence-electron chi connectivity index (χ2n) is 9.24. The van der Waals surface area contributed by atoms with Crippen molar-refractivity contribution < 1.29 is 9.53 Å². The van der Waals surface area contributed by atoms with Crippen LogP contribution in [0.1, 0.15) is 47.3 Å². The molecule has 0 fully saturated rings. The average molecular weight is 470 g/mol. The molecule has 1 heterocycles. The Morgan fingerprint density at radius 1 is 0.914 bits per heavy atom. The highest BCUT2D eigenvalue weighted by molar-refractivity contribution is 5.77. The van der Waals surface area contributed by atoms with E-state index in [4.69, 9.17) is 9.72 Å². The summed E-state index contributed by atoms with van der Waals surface area (Å²) in [5, 5.41) is 2.95. The molecule has 1 amide bonds. The first kappa shape index (κ1) is 24.5. The smallest absolute Gasteiger partial charge is 0.257 e. The van der Waals surface area contributed by atoms with Gasteiger partial charge in [0.15, 0.2) is 6.61 Å². The van der Waals surface area contributed by atoms with Crippen molar-refractivity contribution in [3.63, 3.8) is 0 Å². The quantitative estimate of drug-likeness (QED) is 0.278. The Morgan fingerprint density at radius 2 is 1.63 bits per heavy atom. The van der Waals surface area contributed by atoms with E-state index in [-0.39, 0.29) is 12.5 Å². The standard InChI is InChI=1S/C30H35N3O2/c1-22-18-23(2)26(24(3)19-22)20-33-28-15-10-9-14-27(28)32-29(33)16-8-5-11-17-31-30(34)21-35-25-12-6-4-7-13-25/h4,6-7,9-10,12-15,18-19H,5,8,11,16-17,20-21H2,1-3H3,(H,31,34). The van der Waals surface area contributed by atoms with Crippen LogP contribution in [0.5, 0.6) is 5.75 Å². The van der Waals surface area contributed by atoms with E-state index in [0.717, 1.165) is 43.6 Å². The van der Waals surface area contributed by atoms with Crippen LogP contribution in [0.4, 0.5) is 0 Å². The molecular weight excluding hydrogens is 434 g/mol. The lowest BCUT2D eigenvalue weighted by molar-refractivity contribution is -0.123. The molecule has 3 aromatic carbocycles. The molecule has 0 atom stereocenters. The Hall–Kier alpha value is -3.60. The van der Waals surface area contributed by atoms with Crippen LogP contribution in [0.25, 0.3) is 11.0 Å². The van der Waals surface area contributed by atoms with Crippen LogP contribution in [-0.2, 0) is 17.8 Å². The summed E-state index contributed by atoms with van der Waals surface area (Å²) in [4.78, 5) is 17.0. The fraction of sp³-hybridized carbons (Fsp3) is 0.333. The van der Waals surface area contributed by atoms with Crippen LogP contribution in [0, 0.1) is 20.8 Å². The second kappa shape index (κ2) is 11.7. The van der Waals surface area contributed by atoms with Gasteiger partial charge in [0.1, 0.15) is 11.6 Å². The Balaban J connectivity index is 1.30. The number of nitrogens with zero attached hydrogens (tertiary/aromatic N) is 2. The number of fused-ring (bicyclic) bond motifs is 1. The molecule has 35 heavy (non-hydrogen) atoms. The molecule has 1 N–H and O–H groups in total. The maximum atomic E-state index is 12.0. The van der Waals surface area contributed by atoms with Gasteiger partial charge in [0, 0.05) is 19.5 Å². The highest BCUT2D eigenvalue weighted by Crippen LogP contribution is 2.23. The Morgan fingerprint density at radius 3 is 2.40 bits per heavy atom. The molecule has 0 spiro atoms. The van der Waals surface area contributed by atoms with Gasteiger partial charge in [0.05, 0.1) is 11.0 Å². The number of aromatic nitrogens is 2. The van der Waals surface area contributed by atoms with Crippen LogP contribution in [-0.4, -0.2) is 28.6 Å². The van der Waals surface area contributed by atoms with Crippen molar-refractivity contribution in [1.29, 1.82) is 0 Å². The molecule has 0 bridgehead atoms. The fourth-order valence-electron chi connectivity index (χ4n) is 4.64. The number of nitrogens with one attached hydrogen (secondary N) is 1. The number of rotatable bonds is 11. The van der Waals surface area contributed by atoms with E-state index >= 15 is 0 Å². The SMILES string of the molecule is Cc1cc(C)c(Cn2c(CCCCCNC(=O)COc3ccccc3)nc3ccccc32)c(C)c1. The van der Waals surface area contributed by atoms with Gasteiger partial charge in [-0.2, -0.15) is 0 Å². The molecule has 1 aromatic heterocycles. The second-order valence-corrected chi connectivity index (χ2v) is 9.24. The number of benzene rings is 3. The topological polar surface area (TPSA) is 56.2 Å². The number of imidazole rings is 1. The van der Waals surface area contributed by atoms with Gasteiger partial charge in [-0.15, -0.1) is 0 Å². The van der Waals surface area contributed by atoms with E-state index in [9.17, 15) is 4.79 Å². The third kappa shape index (κ3) is 6.50. The van der Waals surface area contributed by atoms with Gasteiger partial charge in [-0.3, -0.25) is 4.79 Å². The van der Waals surface area contributed by atoms with Gasteiger partial charge in [-0.1, -0.05) is 54.4 Å². The minimum absolute atomic E-state index is 0.0475. The monoisotopic (exact) mass is 469 g/mol. The predicted molar refractivity (Wildman–Crippen MR) is 142 cm³/mol. The maximum absolute atomic E-state index is 12.0. The minimum atomic E-state index is -0.0838. The molecule has 0 unspecified atom stereocenters. The van der Waals surface area contributed by atoms with Crippen LogP contribution in [0.2, 0.25) is 0 Å². The zero-order valence-electron chi connectivity index (χ0n) is 21.0. The van der Waals surface area contributed by atoms with Crippen molar-refractivity contribution in [3.8, 4) is 5.75 Å². The van der Waals surface area contributed by atoms with Crippen LogP contribution >= 0.6 is 0 Å². The lowest BCUT2D eigenvalue weighted by Crippen LogP contribution is -2.29. The molecule has 0 aliphatic rings. The molecule has 182 valence electrons. The molecule has 0 saturated heterocycles. The third-order valence-corrected chi connectivity index (χ3v) is 6.40. The number of unbranched alkanes of at least 4 members (excludes halogenated alkanes) is 2. The van der Waals surface area contributed by atoms with Crippen molar-refractivity contribution in [2.24, 2.45) is 0 Å². The summed E-state index contributed by atoms with van der Waals surface area (Å²) in [7, 11) is 0. The Bertz CT molecular complexity index is 1250. The van der Waals surface area contributed by atoms with Crippen LogP contribution < -0.4 is 10.1 Å². The average Bonchev–Trinajstić information content (AvgIpc) is 3.20. The summed E-state index contributed by atoms with van der Waals surface area (Å²) in [6, 6.07) is 22.3. The fourth-order valence-corrected chi connectivity index (χ4v) is 4.64. The Kier molecular flexibility index (Phi) is 8.19. The molecule has 4 aromatic rings. The van der Waals surface area contributed by atoms with E-state index in [1.54, 1.807) is 0 Å². The Labute approximate surface area is 208 Å². The first-order valence-corrected chi connectivity index (χ1v) is 12.5. The highest BCUT2D eigenvalue weighted by Gasteiger charge is 2.13. The largest absolute Gasteiger partial charge is 0.484 e. The van der Waals surface area contributed by atoms with E-state index in [0.29, 0.717) is 12.3 Å². The van der Waals surface area contributed by atoms with Gasteiger partial charge in [-0.25, -0.2) is 4.98 Å². The van der Waals surface area contributed by atoms with E-state index in [2.05, 4.69) is 67.1 Å². The number of amides is 1. The van der Waals surface area contributed by atoms with Crippen molar-refractivity contribution in [2.75, 3.05) is 13.2 Å². The number of aryl methyl sites for hydroxylation is 4. The molecule has 0 radical (unpaired) electrons. The lowest BCUT2D eigenvalue weighted by Gasteiger charge is -2.15. The number of hydrogen-bond donors (Lipinski definition) is 1. The van der Waals surface area contributed by atoms with E-state index in [1.165, 1.54) is 27.8 Å². The molecule has 0 aliphatic carbocycles. The number of para-hydroxylation sites is 3. The summed E-state index contributed by atoms with van der Waals surface area (Å²) in [5.41, 5.74) is 7.58. The van der Waals surface area contributed by atoms with Gasteiger partial charge in [0.25, 0.3) is 5.91 Å². The van der Waals surface area contributed by atoms with E-state index < -0.39 is 0 Å². The van der Waals surface area contributed by atoms with Gasteiger partial charge in [-0.05, 0) is 74.6 Å². The first-order valence-electron chi connectivity index (χ1n) is 12.5. The molecular formula is C30H35N3O2. The van der Waals surface area contributed by atoms with E-state index in [1.807, 2.05) is 30.3 Å². The summed E-state index contributed by atoms with van der Waals surface area (Å²) < 4.78 is 7.87. The molecule has 5 nitrogen and oxygen atoms in total. The van der Waals surface area contributed by atoms with Gasteiger partial charge >= 0.3 is 0 Å². The van der Waals surface area contributed by atoms with Crippen molar-refractivity contribution in [3.05, 3.63) is 94.8 Å². The predicted octanol–water partition coefficient (Wildman–Crippen LogP) is 5.92. The summed E-state index contributed by atoms with van der Waals surface area (Å²) in [6.45, 7) is 8.10. The highest BCUT2D eigenvalue weighted by atomic mass is 16.5. The number of carbonyl (C=O) groups is 1. The zero-order valence-corrected chi connectivity index (χ0v) is 21.0. The number of ether oxygens (including phenoxy) is 1. The number of hydrogen-bond acceptors (Lipinski definition) is 3. The third-order valence-electron chi connectivity index (χ3n) is 6.40. The minimum Gasteiger partial charge on any atom is -0.484 e. The van der Waals surface area contributed by atoms with Gasteiger partial charge in [0.2, 0.25) is 0 Å². The summed E-state index contributed by atoms with van der Waals surface area (Å²) in [6.07, 6.45) is 3.92. The maximum Gasteiger partial charge on any atom is 0.257 e. The van der Waals surface area contributed by atoms with Crippen molar-refractivity contribution >= 4 is 16.9 Å². The van der Waals surface area contributed by atoms with Crippen molar-refractivity contribution in [1.82, 2.24) is 14.9 Å². The zero-order chi connectivity index (χ0) is 24.6. The first-order chi connectivity index (χ1) is 17.0. The molecule has 0 aliphatic heterocycles. The van der Waals surface area contributed by atoms with Crippen molar-refractivity contribution in [2.45, 2.75) is 53.0 Å². The molecule has 0 saturated carbocycles. The molecule has 4 rings (SSSR count). The summed E-state index contributed by atoms with van der Waals surface area (Å²) >= 11 is 0. The molecule has 5 heteroatoms. The normalized spacial score (nSPS) is 11.1. The number of carbonyl (C=O) groups excluding carboxylic acids is 1. The summed E-state index contributed by atoms with van der Waals surface area (Å²) in [5.74, 6) is 1.76. The van der Waals surface area contributed by atoms with Gasteiger partial charge < -0.3 is 14.6 Å². The lowest BCUT2D eigenvalue weighted by atomic mass is 9.99.